The molecule has 4 heavy (non-hydrogen) atoms. The summed E-state index contributed by atoms with van der Waals surface area (Å²) in [4.78, 5) is 15.1. The van der Waals surface area contributed by atoms with E-state index in [0.29, 0.717) is 0 Å². The van der Waals surface area contributed by atoms with Gasteiger partial charge in [-0.15, -0.1) is 0 Å². The quantitative estimate of drug-likeness (QED) is 0.392. The standard InChI is InChI=1S/CH4O2P/c1-4(2)3/h2-3H,1H2/q+1. The smallest absolute Gasteiger partial charge is 0.168 e. The van der Waals surface area contributed by atoms with Crippen molar-refractivity contribution in [2.24, 2.45) is 0 Å². The molecule has 0 aromatic rings. The van der Waals surface area contributed by atoms with Crippen LogP contribution in [0.15, 0.2) is 0 Å². The first kappa shape index (κ1) is 4.09. The molecule has 0 spiro atoms. The highest BCUT2D eigenvalue weighted by Crippen LogP contribution is 1.97. The summed E-state index contributed by atoms with van der Waals surface area (Å²) in [6.45, 7) is 0. The maximum Gasteiger partial charge on any atom is 0.417 e. The zero-order chi connectivity index (χ0) is 3.58. The van der Waals surface area contributed by atoms with Crippen molar-refractivity contribution in [1.82, 2.24) is 0 Å². The Labute approximate surface area is 25.3 Å². The van der Waals surface area contributed by atoms with Crippen LogP contribution < -0.4 is 0 Å². The Balaban J connectivity index is 2.80. The van der Waals surface area contributed by atoms with Gasteiger partial charge in [-0.1, -0.05) is 0 Å². The van der Waals surface area contributed by atoms with E-state index in [9.17, 15) is 0 Å². The van der Waals surface area contributed by atoms with Crippen molar-refractivity contribution in [3.05, 3.63) is 0 Å². The second-order valence-corrected chi connectivity index (χ2v) is 1.12. The minimum atomic E-state index is -1.87. The molecule has 0 saturated carbocycles. The molecule has 0 aromatic heterocycles. The van der Waals surface area contributed by atoms with Gasteiger partial charge in [-0.3, -0.25) is 0 Å². The normalized spacial score (nSPS) is 6.50. The van der Waals surface area contributed by atoms with Crippen molar-refractivity contribution >= 4 is 14.3 Å². The fourth-order valence-corrected chi connectivity index (χ4v) is 0. The van der Waals surface area contributed by atoms with Crippen molar-refractivity contribution in [2.75, 3.05) is 0 Å². The lowest BCUT2D eigenvalue weighted by molar-refractivity contribution is 0.508. The van der Waals surface area contributed by atoms with Crippen molar-refractivity contribution in [3.8, 4) is 0 Å². The molecular weight excluding hydrogens is 75.0 g/mol. The molecule has 0 unspecified atom stereocenters. The van der Waals surface area contributed by atoms with E-state index in [2.05, 4.69) is 6.30 Å². The van der Waals surface area contributed by atoms with Crippen LogP contribution in [0.1, 0.15) is 0 Å². The van der Waals surface area contributed by atoms with E-state index in [0.717, 1.165) is 0 Å². The Morgan fingerprint density at radius 1 is 1.50 bits per heavy atom. The van der Waals surface area contributed by atoms with Crippen molar-refractivity contribution in [3.63, 3.8) is 0 Å². The molecule has 0 aliphatic rings. The fraction of sp³-hybridized carbons (Fsp3) is 0. The summed E-state index contributed by atoms with van der Waals surface area (Å²) in [5.41, 5.74) is 0. The zero-order valence-electron chi connectivity index (χ0n) is 2.05. The van der Waals surface area contributed by atoms with Gasteiger partial charge < -0.3 is 0 Å². The van der Waals surface area contributed by atoms with Crippen LogP contribution in [0.25, 0.3) is 0 Å². The molecule has 0 aliphatic heterocycles. The maximum atomic E-state index is 7.56. The highest BCUT2D eigenvalue weighted by atomic mass is 31.1. The zero-order valence-corrected chi connectivity index (χ0v) is 2.94. The van der Waals surface area contributed by atoms with Crippen molar-refractivity contribution < 1.29 is 9.79 Å². The van der Waals surface area contributed by atoms with Gasteiger partial charge in [0.25, 0.3) is 0 Å². The Kier molecular flexibility index (Phi) is 1.45. The second-order valence-electron chi connectivity index (χ2n) is 0.372. The van der Waals surface area contributed by atoms with Gasteiger partial charge in [0, 0.05) is 0 Å². The minimum Gasteiger partial charge on any atom is -0.168 e. The first-order valence-electron chi connectivity index (χ1n) is 0.716. The summed E-state index contributed by atoms with van der Waals surface area (Å²) < 4.78 is 0. The lowest BCUT2D eigenvalue weighted by atomic mass is 12.0. The van der Waals surface area contributed by atoms with E-state index in [1.165, 1.54) is 0 Å². The lowest BCUT2D eigenvalue weighted by Gasteiger charge is -1.45. The molecule has 2 N–H and O–H groups in total. The summed E-state index contributed by atoms with van der Waals surface area (Å²) in [5, 5.41) is 0. The molecule has 0 rings (SSSR count). The minimum absolute atomic E-state index is 1.87. The van der Waals surface area contributed by atoms with Gasteiger partial charge in [-0.25, -0.2) is 0 Å². The summed E-state index contributed by atoms with van der Waals surface area (Å²) in [7, 11) is -1.87. The van der Waals surface area contributed by atoms with Crippen molar-refractivity contribution in [1.29, 1.82) is 0 Å². The first-order chi connectivity index (χ1) is 1.73. The van der Waals surface area contributed by atoms with Gasteiger partial charge in [0.1, 0.15) is 6.30 Å². The third-order valence-electron chi connectivity index (χ3n) is 0. The molecule has 0 atom stereocenters. The van der Waals surface area contributed by atoms with Crippen LogP contribution in [-0.4, -0.2) is 16.1 Å². The molecule has 0 radical (unpaired) electrons. The van der Waals surface area contributed by atoms with E-state index < -0.39 is 8.00 Å². The Morgan fingerprint density at radius 3 is 1.50 bits per heavy atom. The van der Waals surface area contributed by atoms with E-state index >= 15 is 0 Å². The molecule has 3 heteroatoms. The molecule has 0 heterocycles. The van der Waals surface area contributed by atoms with E-state index in [4.69, 9.17) is 9.79 Å². The molecule has 0 aromatic carbocycles. The summed E-state index contributed by atoms with van der Waals surface area (Å²) in [6, 6.07) is 0. The molecule has 0 bridgehead atoms. The second kappa shape index (κ2) is 1.41. The summed E-state index contributed by atoms with van der Waals surface area (Å²) in [6.07, 6.45) is 2.81. The Morgan fingerprint density at radius 2 is 1.50 bits per heavy atom. The largest absolute Gasteiger partial charge is 0.417 e. The highest BCUT2D eigenvalue weighted by Gasteiger charge is 1.76. The van der Waals surface area contributed by atoms with Crippen LogP contribution in [0.4, 0.5) is 0 Å². The van der Waals surface area contributed by atoms with Crippen LogP contribution in [0.5, 0.6) is 0 Å². The predicted molar refractivity (Wildman–Crippen MR) is 18.5 cm³/mol. The van der Waals surface area contributed by atoms with Gasteiger partial charge in [-0.05, 0) is 0 Å². The number of hydrogen-bond donors (Lipinski definition) is 2. The maximum absolute atomic E-state index is 7.56. The van der Waals surface area contributed by atoms with E-state index in [1.807, 2.05) is 0 Å². The Bertz CT molecular complexity index is 29.0. The third-order valence-corrected chi connectivity index (χ3v) is 0. The summed E-state index contributed by atoms with van der Waals surface area (Å²) >= 11 is 0. The molecule has 0 fully saturated rings. The molecule has 0 amide bonds. The van der Waals surface area contributed by atoms with Gasteiger partial charge in [0.2, 0.25) is 0 Å². The molecular formula is CH4O2P+. The van der Waals surface area contributed by atoms with Crippen molar-refractivity contribution in [2.45, 2.75) is 0 Å². The van der Waals surface area contributed by atoms with Crippen LogP contribution in [0.2, 0.25) is 0 Å². The number of rotatable bonds is 0. The van der Waals surface area contributed by atoms with Crippen LogP contribution in [0.3, 0.4) is 0 Å². The van der Waals surface area contributed by atoms with Crippen LogP contribution >= 0.6 is 8.00 Å². The van der Waals surface area contributed by atoms with E-state index in [1.54, 1.807) is 0 Å². The Hall–Kier alpha value is 0.0900. The van der Waals surface area contributed by atoms with Crippen LogP contribution in [-0.2, 0) is 0 Å². The number of hydrogen-bond acceptors (Lipinski definition) is 2. The molecule has 24 valence electrons. The topological polar surface area (TPSA) is 40.5 Å². The van der Waals surface area contributed by atoms with Crippen LogP contribution in [0, 0.1) is 0 Å². The first-order valence-corrected chi connectivity index (χ1v) is 2.15. The van der Waals surface area contributed by atoms with Gasteiger partial charge >= 0.3 is 8.00 Å². The van der Waals surface area contributed by atoms with E-state index in [-0.39, 0.29) is 0 Å². The predicted octanol–water partition coefficient (Wildman–Crippen LogP) is -0.285. The molecule has 0 aliphatic carbocycles. The monoisotopic (exact) mass is 79.0 g/mol. The third kappa shape index (κ3) is 307. The van der Waals surface area contributed by atoms with Gasteiger partial charge in [0.05, 0.1) is 0 Å². The highest BCUT2D eigenvalue weighted by molar-refractivity contribution is 7.43. The van der Waals surface area contributed by atoms with Gasteiger partial charge in [-0.2, -0.15) is 9.79 Å². The van der Waals surface area contributed by atoms with Gasteiger partial charge in [0.15, 0.2) is 0 Å². The molecule has 2 nitrogen and oxygen atoms in total. The summed E-state index contributed by atoms with van der Waals surface area (Å²) in [5.74, 6) is 0. The average molecular weight is 79.0 g/mol. The lowest BCUT2D eigenvalue weighted by Crippen LogP contribution is -1.39. The SMILES string of the molecule is C=[P+](O)O. The fourth-order valence-electron chi connectivity index (χ4n) is 0. The average Bonchev–Trinajstić information content (AvgIpc) is 0.811. The molecule has 0 saturated heterocycles.